The summed E-state index contributed by atoms with van der Waals surface area (Å²) in [5.41, 5.74) is -0.979. The Labute approximate surface area is 179 Å². The van der Waals surface area contributed by atoms with E-state index in [0.717, 1.165) is 17.8 Å². The van der Waals surface area contributed by atoms with E-state index in [1.807, 2.05) is 0 Å². The van der Waals surface area contributed by atoms with Gasteiger partial charge in [-0.3, -0.25) is 14.2 Å². The maximum atomic E-state index is 13.0. The topological polar surface area (TPSA) is 102 Å². The number of rotatable bonds is 7. The number of hydrogen-bond acceptors (Lipinski definition) is 6. The van der Waals surface area contributed by atoms with Gasteiger partial charge in [0, 0.05) is 12.7 Å². The number of benzene rings is 1. The minimum absolute atomic E-state index is 0.146. The van der Waals surface area contributed by atoms with Crippen molar-refractivity contribution in [1.29, 1.82) is 0 Å². The molecule has 2 amide bonds. The molecule has 3 aromatic rings. The minimum Gasteiger partial charge on any atom is -0.351 e. The summed E-state index contributed by atoms with van der Waals surface area (Å²) in [4.78, 5) is 27.9. The van der Waals surface area contributed by atoms with Gasteiger partial charge < -0.3 is 10.6 Å². The Balaban J connectivity index is 1.59. The highest BCUT2D eigenvalue weighted by Crippen LogP contribution is 2.34. The smallest absolute Gasteiger partial charge is 0.351 e. The summed E-state index contributed by atoms with van der Waals surface area (Å²) in [6.07, 6.45) is -1.64. The minimum atomic E-state index is -4.57. The van der Waals surface area contributed by atoms with Crippen molar-refractivity contribution in [2.75, 3.05) is 17.6 Å². The molecule has 0 radical (unpaired) electrons. The molecule has 0 aliphatic rings. The first-order valence-corrected chi connectivity index (χ1v) is 10.0. The van der Waals surface area contributed by atoms with Crippen LogP contribution in [0.2, 0.25) is 0 Å². The molecule has 0 fully saturated rings. The SMILES string of the molecule is CCNC(=O)c1cn(-c2ccc(SCC(=O)Nc3ccccc3C(F)(F)F)nn2)cn1. The number of carbonyl (C=O) groups excluding carboxylic acids is 2. The highest BCUT2D eigenvalue weighted by Gasteiger charge is 2.33. The Hall–Kier alpha value is -3.41. The van der Waals surface area contributed by atoms with Gasteiger partial charge in [0.2, 0.25) is 5.91 Å². The molecule has 8 nitrogen and oxygen atoms in total. The van der Waals surface area contributed by atoms with Crippen molar-refractivity contribution in [3.05, 3.63) is 60.2 Å². The molecule has 0 saturated carbocycles. The summed E-state index contributed by atoms with van der Waals surface area (Å²) < 4.78 is 40.5. The van der Waals surface area contributed by atoms with Crippen LogP contribution in [0.15, 0.2) is 53.9 Å². The van der Waals surface area contributed by atoms with Crippen LogP contribution >= 0.6 is 11.8 Å². The number of carbonyl (C=O) groups is 2. The van der Waals surface area contributed by atoms with Crippen molar-refractivity contribution in [3.63, 3.8) is 0 Å². The van der Waals surface area contributed by atoms with Gasteiger partial charge in [0.05, 0.1) is 17.0 Å². The first-order chi connectivity index (χ1) is 14.8. The standard InChI is InChI=1S/C19H17F3N6O2S/c1-2-23-18(30)14-9-28(11-24-14)15-7-8-17(27-26-15)31-10-16(29)25-13-6-4-3-5-12(13)19(20,21)22/h3-9,11H,2,10H2,1H3,(H,23,30)(H,25,29). The Bertz CT molecular complexity index is 1070. The van der Waals surface area contributed by atoms with Crippen LogP contribution in [-0.2, 0) is 11.0 Å². The summed E-state index contributed by atoms with van der Waals surface area (Å²) in [5, 5.41) is 13.3. The molecule has 0 aliphatic heterocycles. The molecule has 31 heavy (non-hydrogen) atoms. The molecule has 3 rings (SSSR count). The van der Waals surface area contributed by atoms with E-state index in [4.69, 9.17) is 0 Å². The van der Waals surface area contributed by atoms with Crippen LogP contribution in [0, 0.1) is 0 Å². The maximum absolute atomic E-state index is 13.0. The first kappa shape index (κ1) is 22.3. The van der Waals surface area contributed by atoms with Crippen LogP contribution in [0.25, 0.3) is 5.82 Å². The zero-order valence-electron chi connectivity index (χ0n) is 16.2. The zero-order chi connectivity index (χ0) is 22.4. The monoisotopic (exact) mass is 450 g/mol. The fraction of sp³-hybridized carbons (Fsp3) is 0.211. The third-order valence-corrected chi connectivity index (χ3v) is 4.82. The molecule has 0 bridgehead atoms. The van der Waals surface area contributed by atoms with Crippen LogP contribution in [0.4, 0.5) is 18.9 Å². The van der Waals surface area contributed by atoms with Crippen LogP contribution in [-0.4, -0.2) is 43.9 Å². The molecule has 0 saturated heterocycles. The first-order valence-electron chi connectivity index (χ1n) is 9.03. The number of amides is 2. The number of aromatic nitrogens is 4. The molecular formula is C19H17F3N6O2S. The van der Waals surface area contributed by atoms with Crippen molar-refractivity contribution >= 4 is 29.3 Å². The lowest BCUT2D eigenvalue weighted by molar-refractivity contribution is -0.137. The molecule has 0 spiro atoms. The van der Waals surface area contributed by atoms with Crippen molar-refractivity contribution in [2.24, 2.45) is 0 Å². The van der Waals surface area contributed by atoms with Gasteiger partial charge in [0.1, 0.15) is 17.0 Å². The van der Waals surface area contributed by atoms with E-state index in [1.165, 1.54) is 35.3 Å². The number of hydrogen-bond donors (Lipinski definition) is 2. The van der Waals surface area contributed by atoms with E-state index in [9.17, 15) is 22.8 Å². The van der Waals surface area contributed by atoms with Gasteiger partial charge in [0.15, 0.2) is 5.82 Å². The number of alkyl halides is 3. The lowest BCUT2D eigenvalue weighted by atomic mass is 10.1. The molecule has 2 heterocycles. The van der Waals surface area contributed by atoms with E-state index in [0.29, 0.717) is 17.4 Å². The molecule has 0 unspecified atom stereocenters. The van der Waals surface area contributed by atoms with E-state index < -0.39 is 17.6 Å². The highest BCUT2D eigenvalue weighted by molar-refractivity contribution is 7.99. The second kappa shape index (κ2) is 9.60. The molecule has 1 aromatic carbocycles. The quantitative estimate of drug-likeness (QED) is 0.536. The van der Waals surface area contributed by atoms with Crippen LogP contribution in [0.1, 0.15) is 23.0 Å². The number of anilines is 1. The number of imidazole rings is 1. The average molecular weight is 450 g/mol. The number of halogens is 3. The molecule has 2 aromatic heterocycles. The van der Waals surface area contributed by atoms with Gasteiger partial charge in [-0.2, -0.15) is 13.2 Å². The van der Waals surface area contributed by atoms with Crippen LogP contribution < -0.4 is 10.6 Å². The van der Waals surface area contributed by atoms with Crippen molar-refractivity contribution in [2.45, 2.75) is 18.1 Å². The summed E-state index contributed by atoms with van der Waals surface area (Å²) in [7, 11) is 0. The van der Waals surface area contributed by atoms with Gasteiger partial charge in [-0.05, 0) is 31.2 Å². The fourth-order valence-electron chi connectivity index (χ4n) is 2.51. The van der Waals surface area contributed by atoms with E-state index in [-0.39, 0.29) is 23.0 Å². The van der Waals surface area contributed by atoms with Gasteiger partial charge in [0.25, 0.3) is 5.91 Å². The number of nitrogens with zero attached hydrogens (tertiary/aromatic N) is 4. The van der Waals surface area contributed by atoms with Gasteiger partial charge in [-0.15, -0.1) is 10.2 Å². The van der Waals surface area contributed by atoms with Crippen LogP contribution in [0.5, 0.6) is 0 Å². The van der Waals surface area contributed by atoms with Crippen molar-refractivity contribution in [1.82, 2.24) is 25.1 Å². The Morgan fingerprint density at radius 3 is 2.58 bits per heavy atom. The molecule has 162 valence electrons. The Morgan fingerprint density at radius 2 is 1.90 bits per heavy atom. The van der Waals surface area contributed by atoms with E-state index >= 15 is 0 Å². The van der Waals surface area contributed by atoms with E-state index in [2.05, 4.69) is 25.8 Å². The predicted molar refractivity (Wildman–Crippen MR) is 108 cm³/mol. The Morgan fingerprint density at radius 1 is 1.13 bits per heavy atom. The third-order valence-electron chi connectivity index (χ3n) is 3.90. The fourth-order valence-corrected chi connectivity index (χ4v) is 3.12. The highest BCUT2D eigenvalue weighted by atomic mass is 32.2. The van der Waals surface area contributed by atoms with E-state index in [1.54, 1.807) is 19.1 Å². The average Bonchev–Trinajstić information content (AvgIpc) is 3.23. The largest absolute Gasteiger partial charge is 0.418 e. The molecule has 0 atom stereocenters. The van der Waals surface area contributed by atoms with Crippen molar-refractivity contribution in [3.8, 4) is 5.82 Å². The lowest BCUT2D eigenvalue weighted by Gasteiger charge is -2.13. The van der Waals surface area contributed by atoms with Gasteiger partial charge in [-0.1, -0.05) is 23.9 Å². The Kier molecular flexibility index (Phi) is 6.90. The molecule has 12 heteroatoms. The summed E-state index contributed by atoms with van der Waals surface area (Å²) >= 11 is 1.03. The summed E-state index contributed by atoms with van der Waals surface area (Å²) in [6, 6.07) is 7.99. The summed E-state index contributed by atoms with van der Waals surface area (Å²) in [6.45, 7) is 2.28. The van der Waals surface area contributed by atoms with Gasteiger partial charge in [-0.25, -0.2) is 4.98 Å². The number of para-hydroxylation sites is 1. The molecule has 2 N–H and O–H groups in total. The third kappa shape index (κ3) is 5.81. The predicted octanol–water partition coefficient (Wildman–Crippen LogP) is 3.16. The molecule has 0 aliphatic carbocycles. The van der Waals surface area contributed by atoms with Gasteiger partial charge >= 0.3 is 6.18 Å². The van der Waals surface area contributed by atoms with Crippen molar-refractivity contribution < 1.29 is 22.8 Å². The zero-order valence-corrected chi connectivity index (χ0v) is 17.0. The second-order valence-electron chi connectivity index (χ2n) is 6.14. The lowest BCUT2D eigenvalue weighted by Crippen LogP contribution is -2.22. The number of thioether (sulfide) groups is 1. The number of nitrogens with one attached hydrogen (secondary N) is 2. The summed E-state index contributed by atoms with van der Waals surface area (Å²) in [5.74, 6) is -0.642. The second-order valence-corrected chi connectivity index (χ2v) is 7.13. The molecular weight excluding hydrogens is 433 g/mol. The normalized spacial score (nSPS) is 11.2. The van der Waals surface area contributed by atoms with Crippen LogP contribution in [0.3, 0.4) is 0 Å². The maximum Gasteiger partial charge on any atom is 0.418 e.